The third-order valence-electron chi connectivity index (χ3n) is 9.49. The van der Waals surface area contributed by atoms with Crippen molar-refractivity contribution in [2.24, 2.45) is 5.92 Å². The highest BCUT2D eigenvalue weighted by molar-refractivity contribution is 7.98. The fourth-order valence-corrected chi connectivity index (χ4v) is 7.85. The van der Waals surface area contributed by atoms with E-state index in [1.165, 1.54) is 69.8 Å². The van der Waals surface area contributed by atoms with Gasteiger partial charge in [0.05, 0.1) is 0 Å². The highest BCUT2D eigenvalue weighted by Gasteiger charge is 2.42. The monoisotopic (exact) mass is 594 g/mol. The molecular weight excluding hydrogens is 540 g/mol. The van der Waals surface area contributed by atoms with Gasteiger partial charge in [0, 0.05) is 23.7 Å². The zero-order valence-electron chi connectivity index (χ0n) is 25.6. The lowest BCUT2D eigenvalue weighted by molar-refractivity contribution is -0.139. The number of benzene rings is 2. The van der Waals surface area contributed by atoms with Crippen molar-refractivity contribution in [2.45, 2.75) is 123 Å². The Morgan fingerprint density at radius 3 is 2.33 bits per heavy atom. The third-order valence-corrected chi connectivity index (χ3v) is 10.1. The van der Waals surface area contributed by atoms with Crippen LogP contribution in [-0.4, -0.2) is 51.5 Å². The highest BCUT2D eigenvalue weighted by atomic mass is 32.2. The van der Waals surface area contributed by atoms with Crippen LogP contribution in [0.2, 0.25) is 0 Å². The van der Waals surface area contributed by atoms with E-state index < -0.39 is 12.0 Å². The average molecular weight is 595 g/mol. The predicted octanol–water partition coefficient (Wildman–Crippen LogP) is 8.73. The summed E-state index contributed by atoms with van der Waals surface area (Å²) in [5.41, 5.74) is 4.99. The Bertz CT molecular complexity index is 1170. The van der Waals surface area contributed by atoms with Crippen LogP contribution >= 0.6 is 11.8 Å². The molecule has 2 saturated carbocycles. The molecule has 0 heterocycles. The summed E-state index contributed by atoms with van der Waals surface area (Å²) in [7, 11) is 0. The molecule has 2 aliphatic carbocycles. The molecule has 42 heavy (non-hydrogen) atoms. The molecule has 1 amide bonds. The average Bonchev–Trinajstić information content (AvgIpc) is 3.43. The molecule has 0 aliphatic heterocycles. The Balaban J connectivity index is 0.00000484. The van der Waals surface area contributed by atoms with E-state index in [0.717, 1.165) is 29.2 Å². The number of nitrogens with zero attached hydrogens (tertiary/aromatic N) is 1. The number of aliphatic carboxylic acids is 1. The van der Waals surface area contributed by atoms with Gasteiger partial charge < -0.3 is 10.4 Å². The van der Waals surface area contributed by atoms with Crippen molar-refractivity contribution in [2.75, 3.05) is 12.0 Å². The van der Waals surface area contributed by atoms with Gasteiger partial charge >= 0.3 is 5.97 Å². The van der Waals surface area contributed by atoms with Crippen LogP contribution in [0.5, 0.6) is 0 Å². The molecule has 2 N–H and O–H groups in total. The van der Waals surface area contributed by atoms with Gasteiger partial charge in [-0.2, -0.15) is 11.8 Å². The molecule has 0 bridgehead atoms. The number of hydrogen-bond acceptors (Lipinski definition) is 4. The number of nitrogens with one attached hydrogen (secondary N) is 1. The van der Waals surface area contributed by atoms with Crippen molar-refractivity contribution in [3.63, 3.8) is 0 Å². The Kier molecular flexibility index (Phi) is 13.0. The van der Waals surface area contributed by atoms with Crippen LogP contribution < -0.4 is 5.32 Å². The molecule has 0 radical (unpaired) electrons. The number of rotatable bonds is 13. The highest BCUT2D eigenvalue weighted by Crippen LogP contribution is 2.45. The first-order valence-electron chi connectivity index (χ1n) is 15.7. The second-order valence-corrected chi connectivity index (χ2v) is 13.7. The van der Waals surface area contributed by atoms with Crippen LogP contribution in [0.3, 0.4) is 0 Å². The van der Waals surface area contributed by atoms with E-state index in [1.54, 1.807) is 11.8 Å². The molecule has 2 aromatic carbocycles. The second kappa shape index (κ2) is 16.0. The van der Waals surface area contributed by atoms with Crippen LogP contribution in [0, 0.1) is 12.8 Å². The minimum atomic E-state index is -0.992. The maximum absolute atomic E-state index is 13.6. The quantitative estimate of drug-likeness (QED) is 0.243. The summed E-state index contributed by atoms with van der Waals surface area (Å²) < 4.78 is 0. The van der Waals surface area contributed by atoms with Crippen LogP contribution in [0.4, 0.5) is 0 Å². The zero-order valence-corrected chi connectivity index (χ0v) is 26.4. The molecule has 0 unspecified atom stereocenters. The summed E-state index contributed by atoms with van der Waals surface area (Å²) in [6.07, 6.45) is 15.7. The molecule has 0 saturated heterocycles. The lowest BCUT2D eigenvalue weighted by Gasteiger charge is -2.47. The van der Waals surface area contributed by atoms with E-state index in [9.17, 15) is 14.7 Å². The zero-order chi connectivity index (χ0) is 29.4. The number of hydrogen-bond donors (Lipinski definition) is 2. The fraction of sp³-hybridized carbons (Fsp3) is 0.611. The molecule has 1 atom stereocenters. The summed E-state index contributed by atoms with van der Waals surface area (Å²) in [5, 5.41) is 12.5. The first-order chi connectivity index (χ1) is 19.7. The molecule has 0 spiro atoms. The van der Waals surface area contributed by atoms with E-state index in [2.05, 4.69) is 55.3 Å². The van der Waals surface area contributed by atoms with Crippen LogP contribution in [-0.2, 0) is 11.3 Å². The van der Waals surface area contributed by atoms with Gasteiger partial charge in [-0.25, -0.2) is 4.79 Å². The molecular formula is C36H54N2O3S. The molecule has 6 heteroatoms. The number of thioether (sulfide) groups is 1. The Labute approximate surface area is 259 Å². The molecule has 232 valence electrons. The number of carboxylic acid groups (broad SMARTS) is 1. The molecule has 5 nitrogen and oxygen atoms in total. The molecule has 2 aromatic rings. The van der Waals surface area contributed by atoms with Crippen molar-refractivity contribution in [1.82, 2.24) is 10.2 Å². The van der Waals surface area contributed by atoms with Gasteiger partial charge in [0.1, 0.15) is 6.04 Å². The SMILES string of the molecule is C.CSCC[C@H](NC(=O)c1ccc(CN(C(C)C)C2(CC3CCCCC3)CCCC2)cc1-c1ccccc1C)C(=O)O. The second-order valence-electron chi connectivity index (χ2n) is 12.7. The first-order valence-corrected chi connectivity index (χ1v) is 17.1. The van der Waals surface area contributed by atoms with Crippen molar-refractivity contribution < 1.29 is 14.7 Å². The number of aryl methyl sites for hydroxylation is 1. The molecule has 2 fully saturated rings. The van der Waals surface area contributed by atoms with E-state index >= 15 is 0 Å². The van der Waals surface area contributed by atoms with Crippen molar-refractivity contribution in [1.29, 1.82) is 0 Å². The smallest absolute Gasteiger partial charge is 0.326 e. The summed E-state index contributed by atoms with van der Waals surface area (Å²) in [6, 6.07) is 13.9. The largest absolute Gasteiger partial charge is 0.480 e. The first kappa shape index (κ1) is 34.2. The van der Waals surface area contributed by atoms with Gasteiger partial charge in [-0.05, 0) is 98.8 Å². The van der Waals surface area contributed by atoms with E-state index in [0.29, 0.717) is 23.8 Å². The summed E-state index contributed by atoms with van der Waals surface area (Å²) in [5.74, 6) is 0.196. The van der Waals surface area contributed by atoms with Gasteiger partial charge in [0.2, 0.25) is 0 Å². The number of carbonyl (C=O) groups is 2. The van der Waals surface area contributed by atoms with Crippen molar-refractivity contribution in [3.05, 3.63) is 59.2 Å². The number of carbonyl (C=O) groups excluding carboxylic acids is 1. The molecule has 4 rings (SSSR count). The predicted molar refractivity (Wildman–Crippen MR) is 178 cm³/mol. The minimum Gasteiger partial charge on any atom is -0.480 e. The number of carboxylic acids is 1. The van der Waals surface area contributed by atoms with Crippen molar-refractivity contribution >= 4 is 23.6 Å². The van der Waals surface area contributed by atoms with Crippen LogP contribution in [0.15, 0.2) is 42.5 Å². The summed E-state index contributed by atoms with van der Waals surface area (Å²) >= 11 is 1.58. The summed E-state index contributed by atoms with van der Waals surface area (Å²) in [6.45, 7) is 7.61. The molecule has 2 aliphatic rings. The maximum Gasteiger partial charge on any atom is 0.326 e. The Morgan fingerprint density at radius 2 is 1.71 bits per heavy atom. The minimum absolute atomic E-state index is 0. The fourth-order valence-electron chi connectivity index (χ4n) is 7.38. The maximum atomic E-state index is 13.6. The Morgan fingerprint density at radius 1 is 1.02 bits per heavy atom. The lowest BCUT2D eigenvalue weighted by Crippen LogP contribution is -2.51. The van der Waals surface area contributed by atoms with Gasteiger partial charge in [-0.3, -0.25) is 9.69 Å². The Hall–Kier alpha value is -2.31. The van der Waals surface area contributed by atoms with E-state index in [4.69, 9.17) is 0 Å². The van der Waals surface area contributed by atoms with Crippen LogP contribution in [0.25, 0.3) is 11.1 Å². The molecule has 0 aromatic heterocycles. The third kappa shape index (κ3) is 8.41. The van der Waals surface area contributed by atoms with Gasteiger partial charge in [-0.15, -0.1) is 0 Å². The normalized spacial score (nSPS) is 17.7. The van der Waals surface area contributed by atoms with Crippen molar-refractivity contribution in [3.8, 4) is 11.1 Å². The van der Waals surface area contributed by atoms with Gasteiger partial charge in [-0.1, -0.05) is 82.7 Å². The van der Waals surface area contributed by atoms with Crippen LogP contribution in [0.1, 0.15) is 113 Å². The summed E-state index contributed by atoms with van der Waals surface area (Å²) in [4.78, 5) is 28.2. The number of amides is 1. The van der Waals surface area contributed by atoms with E-state index in [-0.39, 0.29) is 18.9 Å². The topological polar surface area (TPSA) is 69.6 Å². The lowest BCUT2D eigenvalue weighted by atomic mass is 9.77. The van der Waals surface area contributed by atoms with Gasteiger partial charge in [0.15, 0.2) is 0 Å². The standard InChI is InChI=1S/C35H50N2O3S.CH4/c1-25(2)37(35(19-10-11-20-35)23-27-13-6-5-7-14-27)24-28-16-17-30(31(22-28)29-15-9-8-12-26(29)3)33(38)36-32(34(39)40)18-21-41-4;/h8-9,12,15-17,22,25,27,32H,5-7,10-11,13-14,18-21,23-24H2,1-4H3,(H,36,38)(H,39,40);1H4/t32-;/m0./s1. The van der Waals surface area contributed by atoms with E-state index in [1.807, 2.05) is 24.5 Å². The van der Waals surface area contributed by atoms with Gasteiger partial charge in [0.25, 0.3) is 5.91 Å².